The molecule has 1 N–H and O–H groups in total. The second-order valence-electron chi connectivity index (χ2n) is 3.32. The van der Waals surface area contributed by atoms with Crippen molar-refractivity contribution in [3.05, 3.63) is 35.9 Å². The van der Waals surface area contributed by atoms with Crippen molar-refractivity contribution in [2.75, 3.05) is 6.54 Å². The van der Waals surface area contributed by atoms with Crippen LogP contribution < -0.4 is 5.32 Å². The molecule has 0 spiro atoms. The third-order valence-electron chi connectivity index (χ3n) is 2.00. The van der Waals surface area contributed by atoms with Gasteiger partial charge in [-0.05, 0) is 5.56 Å². The lowest BCUT2D eigenvalue weighted by molar-refractivity contribution is -0.144. The number of benzene rings is 1. The van der Waals surface area contributed by atoms with E-state index in [4.69, 9.17) is 4.74 Å². The summed E-state index contributed by atoms with van der Waals surface area (Å²) in [6.45, 7) is 0.266. The van der Waals surface area contributed by atoms with Gasteiger partial charge in [0.25, 0.3) is 0 Å². The van der Waals surface area contributed by atoms with Gasteiger partial charge in [-0.15, -0.1) is 0 Å². The van der Waals surface area contributed by atoms with Gasteiger partial charge in [-0.1, -0.05) is 30.3 Å². The molecule has 1 amide bonds. The van der Waals surface area contributed by atoms with Crippen LogP contribution in [0, 0.1) is 0 Å². The number of hydrogen-bond donors (Lipinski definition) is 1. The van der Waals surface area contributed by atoms with Gasteiger partial charge >= 0.3 is 18.5 Å². The molecule has 0 aliphatic heterocycles. The molecule has 6 heteroatoms. The van der Waals surface area contributed by atoms with Gasteiger partial charge in [0.1, 0.15) is 6.61 Å². The highest BCUT2D eigenvalue weighted by molar-refractivity contribution is 5.75. The first-order valence-electron chi connectivity index (χ1n) is 5.30. The van der Waals surface area contributed by atoms with Gasteiger partial charge in [-0.2, -0.15) is 0 Å². The van der Waals surface area contributed by atoms with Crippen LogP contribution in [0.15, 0.2) is 30.3 Å². The fraction of sp³-hybridized carbons (Fsp3) is 0.250. The lowest BCUT2D eigenvalue weighted by atomic mass is 10.2. The molecule has 0 fully saturated rings. The van der Waals surface area contributed by atoms with E-state index in [1.165, 1.54) is 0 Å². The van der Waals surface area contributed by atoms with E-state index >= 15 is 0 Å². The standard InChI is InChI=1S/C12H13NO5/c14-9-18-12(16)13-7-6-11(15)17-8-10-4-2-1-3-5-10/h1-5,9H,6-8H2,(H,13,16). The largest absolute Gasteiger partial charge is 0.461 e. The maximum Gasteiger partial charge on any atom is 0.414 e. The zero-order chi connectivity index (χ0) is 13.2. The van der Waals surface area contributed by atoms with Crippen molar-refractivity contribution in [2.24, 2.45) is 0 Å². The molecule has 1 aromatic carbocycles. The van der Waals surface area contributed by atoms with Gasteiger partial charge in [-0.3, -0.25) is 9.59 Å². The molecule has 1 rings (SSSR count). The fourth-order valence-corrected chi connectivity index (χ4v) is 1.16. The van der Waals surface area contributed by atoms with Crippen LogP contribution >= 0.6 is 0 Å². The first kappa shape index (κ1) is 13.7. The molecule has 0 aliphatic carbocycles. The predicted molar refractivity (Wildman–Crippen MR) is 61.4 cm³/mol. The van der Waals surface area contributed by atoms with Crippen molar-refractivity contribution in [3.63, 3.8) is 0 Å². The average molecular weight is 251 g/mol. The summed E-state index contributed by atoms with van der Waals surface area (Å²) in [5, 5.41) is 2.22. The molecule has 0 saturated carbocycles. The summed E-state index contributed by atoms with van der Waals surface area (Å²) in [7, 11) is 0. The summed E-state index contributed by atoms with van der Waals surface area (Å²) in [5.74, 6) is -0.440. The average Bonchev–Trinajstić information content (AvgIpc) is 2.38. The Morgan fingerprint density at radius 2 is 1.94 bits per heavy atom. The molecular weight excluding hydrogens is 238 g/mol. The topological polar surface area (TPSA) is 81.7 Å². The molecule has 6 nitrogen and oxygen atoms in total. The Bertz CT molecular complexity index is 404. The Morgan fingerprint density at radius 3 is 2.61 bits per heavy atom. The van der Waals surface area contributed by atoms with E-state index in [2.05, 4.69) is 10.1 Å². The summed E-state index contributed by atoms with van der Waals surface area (Å²) in [5.41, 5.74) is 0.888. The van der Waals surface area contributed by atoms with E-state index in [0.29, 0.717) is 0 Å². The van der Waals surface area contributed by atoms with Crippen molar-refractivity contribution in [2.45, 2.75) is 13.0 Å². The number of carbonyl (C=O) groups is 3. The van der Waals surface area contributed by atoms with Gasteiger partial charge < -0.3 is 14.8 Å². The number of hydrogen-bond acceptors (Lipinski definition) is 5. The van der Waals surface area contributed by atoms with Crippen molar-refractivity contribution in [3.8, 4) is 0 Å². The molecule has 1 aromatic rings. The SMILES string of the molecule is O=COC(=O)NCCC(=O)OCc1ccccc1. The normalized spacial score (nSPS) is 9.33. The van der Waals surface area contributed by atoms with E-state index in [1.807, 2.05) is 30.3 Å². The quantitative estimate of drug-likeness (QED) is 0.463. The van der Waals surface area contributed by atoms with E-state index in [0.717, 1.165) is 5.56 Å². The number of amides is 1. The van der Waals surface area contributed by atoms with Crippen LogP contribution in [0.4, 0.5) is 4.79 Å². The summed E-state index contributed by atoms with van der Waals surface area (Å²) in [4.78, 5) is 31.8. The highest BCUT2D eigenvalue weighted by atomic mass is 16.6. The molecule has 0 bridgehead atoms. The van der Waals surface area contributed by atoms with E-state index in [-0.39, 0.29) is 26.0 Å². The van der Waals surface area contributed by atoms with Gasteiger partial charge in [0.05, 0.1) is 6.42 Å². The number of rotatable bonds is 6. The Balaban J connectivity index is 2.14. The van der Waals surface area contributed by atoms with E-state index in [1.54, 1.807) is 0 Å². The van der Waals surface area contributed by atoms with Crippen LogP contribution in [0.1, 0.15) is 12.0 Å². The van der Waals surface area contributed by atoms with Crippen LogP contribution in [0.2, 0.25) is 0 Å². The van der Waals surface area contributed by atoms with Crippen molar-refractivity contribution >= 4 is 18.5 Å². The molecule has 96 valence electrons. The second-order valence-corrected chi connectivity index (χ2v) is 3.32. The van der Waals surface area contributed by atoms with Crippen LogP contribution in [-0.4, -0.2) is 25.1 Å². The molecule has 18 heavy (non-hydrogen) atoms. The first-order valence-corrected chi connectivity index (χ1v) is 5.30. The molecule has 0 unspecified atom stereocenters. The zero-order valence-corrected chi connectivity index (χ0v) is 9.63. The summed E-state index contributed by atoms with van der Waals surface area (Å²) in [6, 6.07) is 9.24. The Morgan fingerprint density at radius 1 is 1.22 bits per heavy atom. The molecule has 0 aliphatic rings. The summed E-state index contributed by atoms with van der Waals surface area (Å²) >= 11 is 0. The van der Waals surface area contributed by atoms with Gasteiger partial charge in [0.15, 0.2) is 0 Å². The van der Waals surface area contributed by atoms with Crippen molar-refractivity contribution < 1.29 is 23.9 Å². The third kappa shape index (κ3) is 5.64. The predicted octanol–water partition coefficient (Wildman–Crippen LogP) is 1.00. The third-order valence-corrected chi connectivity index (χ3v) is 2.00. The highest BCUT2D eigenvalue weighted by Gasteiger charge is 2.05. The smallest absolute Gasteiger partial charge is 0.414 e. The summed E-state index contributed by atoms with van der Waals surface area (Å²) in [6.07, 6.45) is -0.873. The minimum Gasteiger partial charge on any atom is -0.461 e. The maximum absolute atomic E-state index is 11.3. The van der Waals surface area contributed by atoms with Gasteiger partial charge in [-0.25, -0.2) is 4.79 Å². The number of ether oxygens (including phenoxy) is 2. The number of nitrogens with one attached hydrogen (secondary N) is 1. The lowest BCUT2D eigenvalue weighted by Crippen LogP contribution is -2.26. The van der Waals surface area contributed by atoms with Gasteiger partial charge in [0, 0.05) is 6.54 Å². The minimum absolute atomic E-state index is 0.0147. The maximum atomic E-state index is 11.3. The Kier molecular flexibility index (Phi) is 5.96. The lowest BCUT2D eigenvalue weighted by Gasteiger charge is -2.05. The monoisotopic (exact) mass is 251 g/mol. The number of carbonyl (C=O) groups excluding carboxylic acids is 3. The summed E-state index contributed by atoms with van der Waals surface area (Å²) < 4.78 is 8.94. The van der Waals surface area contributed by atoms with Crippen molar-refractivity contribution in [1.29, 1.82) is 0 Å². The zero-order valence-electron chi connectivity index (χ0n) is 9.63. The highest BCUT2D eigenvalue weighted by Crippen LogP contribution is 2.01. The Labute approximate surface area is 104 Å². The van der Waals surface area contributed by atoms with Crippen molar-refractivity contribution in [1.82, 2.24) is 5.32 Å². The minimum atomic E-state index is -0.888. The van der Waals surface area contributed by atoms with Crippen LogP contribution in [0.5, 0.6) is 0 Å². The Hall–Kier alpha value is -2.37. The van der Waals surface area contributed by atoms with Gasteiger partial charge in [0.2, 0.25) is 0 Å². The molecule has 0 saturated heterocycles. The van der Waals surface area contributed by atoms with Crippen LogP contribution in [0.3, 0.4) is 0 Å². The molecular formula is C12H13NO5. The van der Waals surface area contributed by atoms with Crippen LogP contribution in [-0.2, 0) is 25.7 Å². The number of alkyl carbamates (subject to hydrolysis) is 1. The van der Waals surface area contributed by atoms with E-state index < -0.39 is 12.1 Å². The molecule has 0 aromatic heterocycles. The number of esters is 1. The first-order chi connectivity index (χ1) is 8.72. The second kappa shape index (κ2) is 7.83. The molecule has 0 atom stereocenters. The fourth-order valence-electron chi connectivity index (χ4n) is 1.16. The van der Waals surface area contributed by atoms with E-state index in [9.17, 15) is 14.4 Å². The van der Waals surface area contributed by atoms with Crippen LogP contribution in [0.25, 0.3) is 0 Å². The molecule has 0 radical (unpaired) electrons. The molecule has 0 heterocycles.